The molecular formula is C12H20N4S. The molecule has 0 radical (unpaired) electrons. The van der Waals surface area contributed by atoms with Gasteiger partial charge in [0.2, 0.25) is 0 Å². The molecule has 1 aliphatic heterocycles. The van der Waals surface area contributed by atoms with Crippen molar-refractivity contribution in [1.29, 1.82) is 0 Å². The van der Waals surface area contributed by atoms with Crippen LogP contribution in [0.2, 0.25) is 0 Å². The Bertz CT molecular complexity index is 341. The molecule has 0 spiro atoms. The lowest BCUT2D eigenvalue weighted by Crippen LogP contribution is -2.25. The van der Waals surface area contributed by atoms with E-state index in [1.54, 1.807) is 0 Å². The Morgan fingerprint density at radius 1 is 1.29 bits per heavy atom. The zero-order valence-electron chi connectivity index (χ0n) is 10.5. The van der Waals surface area contributed by atoms with Gasteiger partial charge in [-0.1, -0.05) is 6.92 Å². The van der Waals surface area contributed by atoms with Gasteiger partial charge in [0, 0.05) is 25.6 Å². The van der Waals surface area contributed by atoms with E-state index in [0.29, 0.717) is 6.04 Å². The molecule has 4 nitrogen and oxygen atoms in total. The number of hydrogen-bond acceptors (Lipinski definition) is 5. The molecule has 5 heteroatoms. The molecule has 1 saturated heterocycles. The molecule has 17 heavy (non-hydrogen) atoms. The molecule has 0 aliphatic carbocycles. The first kappa shape index (κ1) is 12.5. The predicted octanol–water partition coefficient (Wildman–Crippen LogP) is 2.39. The first-order valence-electron chi connectivity index (χ1n) is 6.21. The second-order valence-electron chi connectivity index (χ2n) is 4.19. The molecule has 0 bridgehead atoms. The van der Waals surface area contributed by atoms with E-state index in [9.17, 15) is 0 Å². The van der Waals surface area contributed by atoms with Gasteiger partial charge in [-0.05, 0) is 24.3 Å². The van der Waals surface area contributed by atoms with Gasteiger partial charge in [0.15, 0.2) is 0 Å². The molecule has 0 saturated carbocycles. The third kappa shape index (κ3) is 3.49. The number of nitrogens with zero attached hydrogens (tertiary/aromatic N) is 2. The Labute approximate surface area is 107 Å². The highest BCUT2D eigenvalue weighted by atomic mass is 32.2. The van der Waals surface area contributed by atoms with Crippen molar-refractivity contribution in [3.63, 3.8) is 0 Å². The summed E-state index contributed by atoms with van der Waals surface area (Å²) in [7, 11) is 1.89. The van der Waals surface area contributed by atoms with Gasteiger partial charge in [-0.25, -0.2) is 9.97 Å². The summed E-state index contributed by atoms with van der Waals surface area (Å²) in [6, 6.07) is 2.56. The van der Waals surface area contributed by atoms with Crippen LogP contribution >= 0.6 is 11.8 Å². The Balaban J connectivity index is 2.07. The number of aryl methyl sites for hydroxylation is 1. The molecule has 2 rings (SSSR count). The van der Waals surface area contributed by atoms with Crippen molar-refractivity contribution in [1.82, 2.24) is 9.97 Å². The van der Waals surface area contributed by atoms with Crippen LogP contribution < -0.4 is 10.6 Å². The second-order valence-corrected chi connectivity index (χ2v) is 5.41. The topological polar surface area (TPSA) is 49.8 Å². The summed E-state index contributed by atoms with van der Waals surface area (Å²) >= 11 is 2.04. The van der Waals surface area contributed by atoms with Gasteiger partial charge in [0.25, 0.3) is 0 Å². The predicted molar refractivity (Wildman–Crippen MR) is 74.9 cm³/mol. The fourth-order valence-electron chi connectivity index (χ4n) is 1.91. The highest BCUT2D eigenvalue weighted by Crippen LogP contribution is 2.21. The lowest BCUT2D eigenvalue weighted by molar-refractivity contribution is 0.662. The minimum Gasteiger partial charge on any atom is -0.373 e. The summed E-state index contributed by atoms with van der Waals surface area (Å²) < 4.78 is 0. The molecule has 0 amide bonds. The van der Waals surface area contributed by atoms with Gasteiger partial charge >= 0.3 is 0 Å². The number of rotatable bonds is 4. The van der Waals surface area contributed by atoms with Gasteiger partial charge in [-0.2, -0.15) is 11.8 Å². The smallest absolute Gasteiger partial charge is 0.132 e. The van der Waals surface area contributed by atoms with E-state index < -0.39 is 0 Å². The van der Waals surface area contributed by atoms with E-state index in [1.807, 2.05) is 24.9 Å². The summed E-state index contributed by atoms with van der Waals surface area (Å²) in [6.07, 6.45) is 3.32. The molecule has 2 heterocycles. The van der Waals surface area contributed by atoms with E-state index in [4.69, 9.17) is 0 Å². The number of nitrogens with one attached hydrogen (secondary N) is 2. The van der Waals surface area contributed by atoms with Crippen molar-refractivity contribution in [2.24, 2.45) is 0 Å². The summed E-state index contributed by atoms with van der Waals surface area (Å²) in [4.78, 5) is 8.92. The maximum atomic E-state index is 4.52. The normalized spacial score (nSPS) is 16.8. The third-order valence-electron chi connectivity index (χ3n) is 2.92. The Kier molecular flexibility index (Phi) is 4.48. The lowest BCUT2D eigenvalue weighted by atomic mass is 10.1. The molecule has 1 fully saturated rings. The average Bonchev–Trinajstić information content (AvgIpc) is 2.39. The van der Waals surface area contributed by atoms with Crippen molar-refractivity contribution < 1.29 is 0 Å². The molecular weight excluding hydrogens is 232 g/mol. The van der Waals surface area contributed by atoms with E-state index in [-0.39, 0.29) is 0 Å². The molecule has 1 aromatic heterocycles. The Hall–Kier alpha value is -0.970. The standard InChI is InChI=1S/C12H20N4S/c1-3-10-15-11(13-2)8-12(16-10)14-9-4-6-17-7-5-9/h8-9H,3-7H2,1-2H3,(H2,13,14,15,16). The minimum absolute atomic E-state index is 0.570. The quantitative estimate of drug-likeness (QED) is 0.861. The fourth-order valence-corrected chi connectivity index (χ4v) is 3.01. The zero-order valence-corrected chi connectivity index (χ0v) is 11.3. The van der Waals surface area contributed by atoms with Crippen LogP contribution in [-0.4, -0.2) is 34.6 Å². The Morgan fingerprint density at radius 3 is 2.65 bits per heavy atom. The van der Waals surface area contributed by atoms with Gasteiger partial charge in [0.1, 0.15) is 17.5 Å². The van der Waals surface area contributed by atoms with Gasteiger partial charge in [-0.15, -0.1) is 0 Å². The average molecular weight is 252 g/mol. The third-order valence-corrected chi connectivity index (χ3v) is 3.97. The summed E-state index contributed by atoms with van der Waals surface area (Å²) in [5.41, 5.74) is 0. The van der Waals surface area contributed by atoms with Crippen LogP contribution in [0.15, 0.2) is 6.07 Å². The molecule has 1 aromatic rings. The number of aromatic nitrogens is 2. The number of anilines is 2. The van der Waals surface area contributed by atoms with Gasteiger partial charge in [-0.3, -0.25) is 0 Å². The van der Waals surface area contributed by atoms with Gasteiger partial charge < -0.3 is 10.6 Å². The summed E-state index contributed by atoms with van der Waals surface area (Å²) in [5.74, 6) is 5.25. The van der Waals surface area contributed by atoms with Crippen molar-refractivity contribution in [3.05, 3.63) is 11.9 Å². The summed E-state index contributed by atoms with van der Waals surface area (Å²) in [6.45, 7) is 2.08. The van der Waals surface area contributed by atoms with Crippen LogP contribution in [0.4, 0.5) is 11.6 Å². The molecule has 2 N–H and O–H groups in total. The zero-order chi connectivity index (χ0) is 12.1. The minimum atomic E-state index is 0.570. The second kappa shape index (κ2) is 6.10. The van der Waals surface area contributed by atoms with Crippen molar-refractivity contribution in [2.75, 3.05) is 29.2 Å². The highest BCUT2D eigenvalue weighted by molar-refractivity contribution is 7.99. The van der Waals surface area contributed by atoms with Crippen LogP contribution in [0.5, 0.6) is 0 Å². The molecule has 0 unspecified atom stereocenters. The van der Waals surface area contributed by atoms with Gasteiger partial charge in [0.05, 0.1) is 0 Å². The first-order valence-corrected chi connectivity index (χ1v) is 7.37. The molecule has 94 valence electrons. The monoisotopic (exact) mass is 252 g/mol. The SMILES string of the molecule is CCc1nc(NC)cc(NC2CCSCC2)n1. The van der Waals surface area contributed by atoms with Crippen molar-refractivity contribution in [2.45, 2.75) is 32.2 Å². The van der Waals surface area contributed by atoms with E-state index in [1.165, 1.54) is 24.3 Å². The molecule has 0 aromatic carbocycles. The van der Waals surface area contributed by atoms with E-state index in [2.05, 4.69) is 27.5 Å². The van der Waals surface area contributed by atoms with E-state index in [0.717, 1.165) is 23.9 Å². The maximum absolute atomic E-state index is 4.52. The van der Waals surface area contributed by atoms with Crippen LogP contribution in [0.3, 0.4) is 0 Å². The number of thioether (sulfide) groups is 1. The lowest BCUT2D eigenvalue weighted by Gasteiger charge is -2.23. The van der Waals surface area contributed by atoms with E-state index >= 15 is 0 Å². The molecule has 0 atom stereocenters. The van der Waals surface area contributed by atoms with Crippen LogP contribution in [0, 0.1) is 0 Å². The summed E-state index contributed by atoms with van der Waals surface area (Å²) in [5, 5.41) is 6.61. The van der Waals surface area contributed by atoms with Crippen LogP contribution in [0.25, 0.3) is 0 Å². The largest absolute Gasteiger partial charge is 0.373 e. The van der Waals surface area contributed by atoms with Crippen LogP contribution in [-0.2, 0) is 6.42 Å². The van der Waals surface area contributed by atoms with Crippen molar-refractivity contribution in [3.8, 4) is 0 Å². The highest BCUT2D eigenvalue weighted by Gasteiger charge is 2.14. The fraction of sp³-hybridized carbons (Fsp3) is 0.667. The van der Waals surface area contributed by atoms with Crippen LogP contribution in [0.1, 0.15) is 25.6 Å². The number of hydrogen-bond donors (Lipinski definition) is 2. The maximum Gasteiger partial charge on any atom is 0.132 e. The Morgan fingerprint density at radius 2 is 2.00 bits per heavy atom. The first-order chi connectivity index (χ1) is 8.31. The van der Waals surface area contributed by atoms with Crippen molar-refractivity contribution >= 4 is 23.4 Å². The molecule has 1 aliphatic rings.